The molecule has 0 aromatic carbocycles. The monoisotopic (exact) mass is 263 g/mol. The average molecular weight is 263 g/mol. The Labute approximate surface area is 114 Å². The highest BCUT2D eigenvalue weighted by molar-refractivity contribution is 5.99. The largest absolute Gasteiger partial charge is 0.380 e. The second-order valence-corrected chi connectivity index (χ2v) is 4.60. The van der Waals surface area contributed by atoms with Crippen molar-refractivity contribution < 1.29 is 9.53 Å². The molecular weight excluding hydrogens is 242 g/mol. The summed E-state index contributed by atoms with van der Waals surface area (Å²) in [6.45, 7) is 4.08. The van der Waals surface area contributed by atoms with Gasteiger partial charge in [-0.3, -0.25) is 4.79 Å². The van der Waals surface area contributed by atoms with Crippen molar-refractivity contribution in [2.45, 2.75) is 25.8 Å². The molecule has 1 aromatic rings. The predicted octanol–water partition coefficient (Wildman–Crippen LogP) is 1.76. The highest BCUT2D eigenvalue weighted by atomic mass is 16.5. The van der Waals surface area contributed by atoms with Crippen LogP contribution >= 0.6 is 0 Å². The summed E-state index contributed by atoms with van der Waals surface area (Å²) in [6.07, 6.45) is 3.74. The van der Waals surface area contributed by atoms with Crippen molar-refractivity contribution in [3.05, 3.63) is 23.9 Å². The maximum atomic E-state index is 12.6. The third kappa shape index (κ3) is 3.04. The number of carbonyl (C=O) groups excluding carboxylic acids is 1. The van der Waals surface area contributed by atoms with E-state index >= 15 is 0 Å². The van der Waals surface area contributed by atoms with Gasteiger partial charge in [0.1, 0.15) is 5.82 Å². The van der Waals surface area contributed by atoms with E-state index < -0.39 is 0 Å². The number of nitrogens with zero attached hydrogens (tertiary/aromatic N) is 2. The Morgan fingerprint density at radius 1 is 1.63 bits per heavy atom. The summed E-state index contributed by atoms with van der Waals surface area (Å²) in [7, 11) is 1.78. The topological polar surface area (TPSA) is 54.5 Å². The van der Waals surface area contributed by atoms with Gasteiger partial charge in [-0.1, -0.05) is 0 Å². The summed E-state index contributed by atoms with van der Waals surface area (Å²) in [6, 6.07) is 3.80. The second-order valence-electron chi connectivity index (χ2n) is 4.60. The molecule has 0 bridgehead atoms. The normalized spacial score (nSPS) is 18.6. The summed E-state index contributed by atoms with van der Waals surface area (Å²) in [4.78, 5) is 18.7. The van der Waals surface area contributed by atoms with Gasteiger partial charge >= 0.3 is 0 Å². The standard InChI is InChI=1S/C14H21N3O2/c1-3-19-10-11-6-5-9-17(11)14(18)12-7-4-8-16-13(12)15-2/h4,7-8,11H,3,5-6,9-10H2,1-2H3,(H,15,16)/t11-/m0/s1. The maximum Gasteiger partial charge on any atom is 0.257 e. The Kier molecular flexibility index (Phi) is 4.74. The van der Waals surface area contributed by atoms with Gasteiger partial charge in [0.25, 0.3) is 5.91 Å². The minimum Gasteiger partial charge on any atom is -0.380 e. The Bertz CT molecular complexity index is 436. The number of carbonyl (C=O) groups is 1. The lowest BCUT2D eigenvalue weighted by molar-refractivity contribution is 0.0565. The number of likely N-dealkylation sites (tertiary alicyclic amines) is 1. The van der Waals surface area contributed by atoms with E-state index in [9.17, 15) is 4.79 Å². The molecule has 104 valence electrons. The second kappa shape index (κ2) is 6.52. The number of pyridine rings is 1. The molecule has 19 heavy (non-hydrogen) atoms. The molecule has 1 aliphatic rings. The Balaban J connectivity index is 2.13. The fourth-order valence-corrected chi connectivity index (χ4v) is 2.46. The molecule has 0 saturated carbocycles. The summed E-state index contributed by atoms with van der Waals surface area (Å²) in [5.74, 6) is 0.675. The van der Waals surface area contributed by atoms with Crippen LogP contribution in [0.15, 0.2) is 18.3 Å². The number of amides is 1. The molecule has 2 heterocycles. The van der Waals surface area contributed by atoms with Crippen LogP contribution in [0.2, 0.25) is 0 Å². The minimum atomic E-state index is 0.0413. The van der Waals surface area contributed by atoms with Crippen LogP contribution in [0.5, 0.6) is 0 Å². The zero-order valence-corrected chi connectivity index (χ0v) is 11.6. The SMILES string of the molecule is CCOC[C@@H]1CCCN1C(=O)c1cccnc1NC. The number of hydrogen-bond donors (Lipinski definition) is 1. The van der Waals surface area contributed by atoms with E-state index in [1.54, 1.807) is 19.3 Å². The van der Waals surface area contributed by atoms with Crippen molar-refractivity contribution in [3.63, 3.8) is 0 Å². The van der Waals surface area contributed by atoms with E-state index in [-0.39, 0.29) is 11.9 Å². The summed E-state index contributed by atoms with van der Waals surface area (Å²) in [5.41, 5.74) is 0.633. The Hall–Kier alpha value is -1.62. The Morgan fingerprint density at radius 2 is 2.47 bits per heavy atom. The molecule has 1 amide bonds. The van der Waals surface area contributed by atoms with Gasteiger partial charge < -0.3 is 15.0 Å². The van der Waals surface area contributed by atoms with Gasteiger partial charge in [-0.05, 0) is 31.9 Å². The van der Waals surface area contributed by atoms with Gasteiger partial charge in [0.05, 0.1) is 18.2 Å². The van der Waals surface area contributed by atoms with Crippen molar-refractivity contribution in [2.75, 3.05) is 32.1 Å². The van der Waals surface area contributed by atoms with Crippen molar-refractivity contribution >= 4 is 11.7 Å². The van der Waals surface area contributed by atoms with E-state index in [1.807, 2.05) is 17.9 Å². The molecule has 5 heteroatoms. The zero-order valence-electron chi connectivity index (χ0n) is 11.6. The summed E-state index contributed by atoms with van der Waals surface area (Å²) in [5, 5.41) is 2.97. The van der Waals surface area contributed by atoms with Crippen LogP contribution in [-0.2, 0) is 4.74 Å². The fourth-order valence-electron chi connectivity index (χ4n) is 2.46. The van der Waals surface area contributed by atoms with Gasteiger partial charge in [0, 0.05) is 26.4 Å². The lowest BCUT2D eigenvalue weighted by atomic mass is 10.2. The van der Waals surface area contributed by atoms with Crippen molar-refractivity contribution in [2.24, 2.45) is 0 Å². The Morgan fingerprint density at radius 3 is 3.21 bits per heavy atom. The summed E-state index contributed by atoms with van der Waals surface area (Å²) < 4.78 is 5.47. The lowest BCUT2D eigenvalue weighted by Crippen LogP contribution is -2.38. The molecule has 0 radical (unpaired) electrons. The molecule has 1 N–H and O–H groups in total. The molecule has 0 spiro atoms. The number of nitrogens with one attached hydrogen (secondary N) is 1. The van der Waals surface area contributed by atoms with E-state index in [4.69, 9.17) is 4.74 Å². The van der Waals surface area contributed by atoms with Crippen LogP contribution in [0.25, 0.3) is 0 Å². The van der Waals surface area contributed by atoms with Crippen LogP contribution in [0.1, 0.15) is 30.1 Å². The number of aromatic nitrogens is 1. The average Bonchev–Trinajstić information content (AvgIpc) is 2.92. The smallest absolute Gasteiger partial charge is 0.257 e. The molecule has 1 fully saturated rings. The minimum absolute atomic E-state index is 0.0413. The van der Waals surface area contributed by atoms with E-state index in [2.05, 4.69) is 10.3 Å². The number of anilines is 1. The first kappa shape index (κ1) is 13.8. The molecule has 1 aromatic heterocycles. The van der Waals surface area contributed by atoms with Crippen LogP contribution in [0.4, 0.5) is 5.82 Å². The van der Waals surface area contributed by atoms with Crippen LogP contribution in [0.3, 0.4) is 0 Å². The third-order valence-electron chi connectivity index (χ3n) is 3.43. The van der Waals surface area contributed by atoms with Crippen molar-refractivity contribution in [1.82, 2.24) is 9.88 Å². The highest BCUT2D eigenvalue weighted by Gasteiger charge is 2.30. The first-order chi connectivity index (χ1) is 9.27. The molecule has 1 aliphatic heterocycles. The zero-order chi connectivity index (χ0) is 13.7. The predicted molar refractivity (Wildman–Crippen MR) is 74.3 cm³/mol. The molecule has 0 unspecified atom stereocenters. The van der Waals surface area contributed by atoms with Gasteiger partial charge in [-0.25, -0.2) is 4.98 Å². The first-order valence-corrected chi connectivity index (χ1v) is 6.79. The van der Waals surface area contributed by atoms with Crippen LogP contribution in [-0.4, -0.2) is 48.6 Å². The van der Waals surface area contributed by atoms with E-state index in [1.165, 1.54) is 0 Å². The molecular formula is C14H21N3O2. The lowest BCUT2D eigenvalue weighted by Gasteiger charge is -2.25. The van der Waals surface area contributed by atoms with Crippen LogP contribution in [0, 0.1) is 0 Å². The molecule has 1 saturated heterocycles. The van der Waals surface area contributed by atoms with Crippen LogP contribution < -0.4 is 5.32 Å². The van der Waals surface area contributed by atoms with E-state index in [0.29, 0.717) is 24.6 Å². The molecule has 1 atom stereocenters. The van der Waals surface area contributed by atoms with Gasteiger partial charge in [0.15, 0.2) is 0 Å². The van der Waals surface area contributed by atoms with Crippen molar-refractivity contribution in [1.29, 1.82) is 0 Å². The number of ether oxygens (including phenoxy) is 1. The van der Waals surface area contributed by atoms with Crippen molar-refractivity contribution in [3.8, 4) is 0 Å². The number of rotatable bonds is 5. The quantitative estimate of drug-likeness (QED) is 0.879. The van der Waals surface area contributed by atoms with Gasteiger partial charge in [0.2, 0.25) is 0 Å². The van der Waals surface area contributed by atoms with E-state index in [0.717, 1.165) is 19.4 Å². The van der Waals surface area contributed by atoms with Gasteiger partial charge in [-0.2, -0.15) is 0 Å². The molecule has 2 rings (SSSR count). The first-order valence-electron chi connectivity index (χ1n) is 6.79. The fraction of sp³-hybridized carbons (Fsp3) is 0.571. The highest BCUT2D eigenvalue weighted by Crippen LogP contribution is 2.22. The molecule has 5 nitrogen and oxygen atoms in total. The number of hydrogen-bond acceptors (Lipinski definition) is 4. The maximum absolute atomic E-state index is 12.6. The van der Waals surface area contributed by atoms with Gasteiger partial charge in [-0.15, -0.1) is 0 Å². The molecule has 0 aliphatic carbocycles. The summed E-state index contributed by atoms with van der Waals surface area (Å²) >= 11 is 0. The third-order valence-corrected chi connectivity index (χ3v) is 3.43.